The molecule has 0 aliphatic carbocycles. The molecule has 0 spiro atoms. The molecule has 0 fully saturated rings. The summed E-state index contributed by atoms with van der Waals surface area (Å²) >= 11 is 2.15. The van der Waals surface area contributed by atoms with Crippen molar-refractivity contribution in [2.75, 3.05) is 12.5 Å². The summed E-state index contributed by atoms with van der Waals surface area (Å²) in [5, 5.41) is 4.18. The molecule has 1 aromatic heterocycles. The summed E-state index contributed by atoms with van der Waals surface area (Å²) < 4.78 is 138. The zero-order valence-electron chi connectivity index (χ0n) is 33.2. The van der Waals surface area contributed by atoms with Crippen molar-refractivity contribution in [2.24, 2.45) is 0 Å². The fourth-order valence-electron chi connectivity index (χ4n) is 6.47. The molecule has 5 aromatic rings. The van der Waals surface area contributed by atoms with E-state index in [1.807, 2.05) is 36.4 Å². The first-order valence-corrected chi connectivity index (χ1v) is 23.3. The fraction of sp³-hybridized carbons (Fsp3) is 0.293. The quantitative estimate of drug-likeness (QED) is 0.106. The first-order chi connectivity index (χ1) is 28.8. The van der Waals surface area contributed by atoms with Crippen LogP contribution in [0.25, 0.3) is 5.69 Å². The largest absolute Gasteiger partial charge is 0.480 e. The molecule has 2 aliphatic rings. The number of halogens is 7. The van der Waals surface area contributed by atoms with Crippen LogP contribution in [0.2, 0.25) is 0 Å². The molecule has 21 heteroatoms. The second-order valence-electron chi connectivity index (χ2n) is 14.6. The Morgan fingerprint density at radius 1 is 0.645 bits per heavy atom. The van der Waals surface area contributed by atoms with Crippen molar-refractivity contribution >= 4 is 54.1 Å². The lowest BCUT2D eigenvalue weighted by Gasteiger charge is -2.22. The smallest absolute Gasteiger partial charge is 0.425 e. The van der Waals surface area contributed by atoms with Crippen LogP contribution in [-0.2, 0) is 45.9 Å². The maximum Gasteiger partial charge on any atom is 0.425 e. The van der Waals surface area contributed by atoms with E-state index in [-0.39, 0.29) is 58.6 Å². The van der Waals surface area contributed by atoms with Crippen molar-refractivity contribution < 1.29 is 62.2 Å². The van der Waals surface area contributed by atoms with Gasteiger partial charge in [-0.1, -0.05) is 12.1 Å². The number of carbonyl (C=O) groups excluding carboxylic acids is 2. The highest BCUT2D eigenvalue weighted by molar-refractivity contribution is 14.1. The fourth-order valence-corrected chi connectivity index (χ4v) is 8.32. The number of fused-ring (bicyclic) bond motifs is 2. The third-order valence-electron chi connectivity index (χ3n) is 9.89. The minimum atomic E-state index is -4.65. The van der Waals surface area contributed by atoms with Crippen LogP contribution in [0.4, 0.5) is 26.3 Å². The third-order valence-corrected chi connectivity index (χ3v) is 12.8. The van der Waals surface area contributed by atoms with Crippen LogP contribution in [0, 0.1) is 3.57 Å². The summed E-state index contributed by atoms with van der Waals surface area (Å²) in [6.45, 7) is 2.64. The van der Waals surface area contributed by atoms with E-state index in [4.69, 9.17) is 9.47 Å². The molecule has 0 N–H and O–H groups in total. The lowest BCUT2D eigenvalue weighted by molar-refractivity contribution is -0.189. The SMILES string of the molecule is C[C@H](Oc1ccc(S(C)(=O)=O)cc1C(=O)N1Cc2ccc(-n3cccn3)cc2C1)C(F)(F)F.C[C@H](Oc1ccc(S(C)(=O)=O)cc1C(=O)N1Cc2ccc(I)cc2C1)C(F)(F)F. The van der Waals surface area contributed by atoms with E-state index in [2.05, 4.69) is 27.7 Å². The zero-order valence-corrected chi connectivity index (χ0v) is 37.0. The van der Waals surface area contributed by atoms with Crippen LogP contribution in [0.1, 0.15) is 56.8 Å². The van der Waals surface area contributed by atoms with E-state index in [1.165, 1.54) is 9.80 Å². The van der Waals surface area contributed by atoms with Crippen molar-refractivity contribution in [3.05, 3.63) is 128 Å². The number of carbonyl (C=O) groups is 2. The minimum absolute atomic E-state index is 0.167. The molecule has 4 aromatic carbocycles. The van der Waals surface area contributed by atoms with Gasteiger partial charge in [-0.25, -0.2) is 21.5 Å². The normalized spacial score (nSPS) is 15.0. The highest BCUT2D eigenvalue weighted by atomic mass is 127. The highest BCUT2D eigenvalue weighted by Gasteiger charge is 2.40. The standard InChI is InChI=1S/C22H20F3N3O4S.C19H17F3INO4S/c1-14(22(23,24)25)32-20-7-6-18(33(2,30)31)11-19(20)21(29)27-12-15-4-5-17(10-16(15)13-27)28-9-3-8-26-28;1-11(19(20,21)22)28-17-6-5-15(29(2,26)27)8-16(17)18(25)24-9-12-3-4-14(23)7-13(12)10-24/h3-11,14H,12-13H2,1-2H3;3-8,11H,9-10H2,1-2H3/t14-;11-/m00/s1. The van der Waals surface area contributed by atoms with E-state index in [1.54, 1.807) is 23.1 Å². The number of amides is 2. The molecule has 0 unspecified atom stereocenters. The molecule has 0 saturated carbocycles. The van der Waals surface area contributed by atoms with Crippen LogP contribution in [0.3, 0.4) is 0 Å². The average Bonchev–Trinajstić information content (AvgIpc) is 3.96. The van der Waals surface area contributed by atoms with Crippen LogP contribution in [0.5, 0.6) is 11.5 Å². The Balaban J connectivity index is 0.000000209. The number of aromatic nitrogens is 2. The Bertz CT molecular complexity index is 2750. The van der Waals surface area contributed by atoms with Gasteiger partial charge in [0.15, 0.2) is 31.9 Å². The molecular formula is C41H37F6IN4O8S2. The first kappa shape index (κ1) is 46.3. The second kappa shape index (κ2) is 17.5. The Labute approximate surface area is 366 Å². The predicted octanol–water partition coefficient (Wildman–Crippen LogP) is 7.94. The highest BCUT2D eigenvalue weighted by Crippen LogP contribution is 2.35. The summed E-state index contributed by atoms with van der Waals surface area (Å²) in [6.07, 6.45) is -8.28. The molecule has 12 nitrogen and oxygen atoms in total. The molecule has 3 heterocycles. The number of alkyl halides is 6. The van der Waals surface area contributed by atoms with Gasteiger partial charge in [-0.15, -0.1) is 0 Å². The number of hydrogen-bond acceptors (Lipinski definition) is 9. The Hall–Kier alpha value is -5.16. The summed E-state index contributed by atoms with van der Waals surface area (Å²) in [5.74, 6) is -1.85. The van der Waals surface area contributed by atoms with Crippen LogP contribution >= 0.6 is 22.6 Å². The van der Waals surface area contributed by atoms with Gasteiger partial charge in [0.25, 0.3) is 11.8 Å². The Morgan fingerprint density at radius 3 is 1.50 bits per heavy atom. The second-order valence-corrected chi connectivity index (χ2v) is 19.9. The molecule has 0 bridgehead atoms. The van der Waals surface area contributed by atoms with Gasteiger partial charge in [-0.2, -0.15) is 31.4 Å². The number of hydrogen-bond donors (Lipinski definition) is 0. The van der Waals surface area contributed by atoms with Gasteiger partial charge >= 0.3 is 12.4 Å². The molecule has 330 valence electrons. The molecule has 2 amide bonds. The number of rotatable bonds is 9. The topological polar surface area (TPSA) is 145 Å². The molecule has 0 radical (unpaired) electrons. The summed E-state index contributed by atoms with van der Waals surface area (Å²) in [6, 6.07) is 19.7. The van der Waals surface area contributed by atoms with Crippen molar-refractivity contribution in [1.29, 1.82) is 0 Å². The van der Waals surface area contributed by atoms with E-state index < -0.39 is 56.0 Å². The van der Waals surface area contributed by atoms with Crippen molar-refractivity contribution in [2.45, 2.75) is 74.4 Å². The lowest BCUT2D eigenvalue weighted by Crippen LogP contribution is -2.32. The number of benzene rings is 4. The summed E-state index contributed by atoms with van der Waals surface area (Å²) in [7, 11) is -7.36. The van der Waals surface area contributed by atoms with Gasteiger partial charge in [0.2, 0.25) is 0 Å². The molecule has 0 saturated heterocycles. The van der Waals surface area contributed by atoms with Gasteiger partial charge in [0, 0.05) is 54.7 Å². The van der Waals surface area contributed by atoms with Gasteiger partial charge in [0.1, 0.15) is 11.5 Å². The number of sulfone groups is 2. The van der Waals surface area contributed by atoms with Crippen molar-refractivity contribution in [1.82, 2.24) is 19.6 Å². The van der Waals surface area contributed by atoms with E-state index >= 15 is 0 Å². The predicted molar refractivity (Wildman–Crippen MR) is 221 cm³/mol. The first-order valence-electron chi connectivity index (χ1n) is 18.4. The van der Waals surface area contributed by atoms with Crippen molar-refractivity contribution in [3.63, 3.8) is 0 Å². The number of nitrogens with zero attached hydrogens (tertiary/aromatic N) is 4. The monoisotopic (exact) mass is 1020 g/mol. The molecule has 7 rings (SSSR count). The minimum Gasteiger partial charge on any atom is -0.480 e. The van der Waals surface area contributed by atoms with Gasteiger partial charge < -0.3 is 19.3 Å². The zero-order chi connectivity index (χ0) is 45.5. The molecular weight excluding hydrogens is 981 g/mol. The van der Waals surface area contributed by atoms with Gasteiger partial charge in [-0.05, 0) is 125 Å². The van der Waals surface area contributed by atoms with Crippen LogP contribution in [0.15, 0.2) is 101 Å². The van der Waals surface area contributed by atoms with Crippen LogP contribution in [-0.4, -0.2) is 85.3 Å². The third kappa shape index (κ3) is 10.7. The summed E-state index contributed by atoms with van der Waals surface area (Å²) in [4.78, 5) is 28.9. The van der Waals surface area contributed by atoms with Gasteiger partial charge in [-0.3, -0.25) is 9.59 Å². The molecule has 62 heavy (non-hydrogen) atoms. The maximum absolute atomic E-state index is 13.3. The van der Waals surface area contributed by atoms with E-state index in [9.17, 15) is 52.8 Å². The molecule has 2 aliphatic heterocycles. The Kier molecular flexibility index (Phi) is 13.1. The molecule has 2 atom stereocenters. The van der Waals surface area contributed by atoms with Crippen LogP contribution < -0.4 is 9.47 Å². The Morgan fingerprint density at radius 2 is 1.08 bits per heavy atom. The average molecular weight is 1020 g/mol. The summed E-state index contributed by atoms with van der Waals surface area (Å²) in [5.41, 5.74) is 3.96. The maximum atomic E-state index is 13.3. The van der Waals surface area contributed by atoms with Crippen molar-refractivity contribution in [3.8, 4) is 17.2 Å². The number of ether oxygens (including phenoxy) is 2. The lowest BCUT2D eigenvalue weighted by atomic mass is 10.1. The van der Waals surface area contributed by atoms with E-state index in [0.717, 1.165) is 94.3 Å². The van der Waals surface area contributed by atoms with E-state index in [0.29, 0.717) is 0 Å². The van der Waals surface area contributed by atoms with Gasteiger partial charge in [0.05, 0.1) is 26.6 Å².